The van der Waals surface area contributed by atoms with Crippen molar-refractivity contribution in [3.63, 3.8) is 0 Å². The molecule has 0 fully saturated rings. The number of hydrogen-bond donors (Lipinski definition) is 0. The molecule has 0 saturated heterocycles. The summed E-state index contributed by atoms with van der Waals surface area (Å²) in [4.78, 5) is 0. The van der Waals surface area contributed by atoms with Gasteiger partial charge >= 0.3 is 0 Å². The first kappa shape index (κ1) is 12.0. The van der Waals surface area contributed by atoms with Gasteiger partial charge in [-0.1, -0.05) is 41.5 Å². The van der Waals surface area contributed by atoms with Crippen molar-refractivity contribution in [3.8, 4) is 0 Å². The van der Waals surface area contributed by atoms with Gasteiger partial charge in [0.2, 0.25) is 0 Å². The molecule has 0 rings (SSSR count). The van der Waals surface area contributed by atoms with Gasteiger partial charge in [-0.15, -0.1) is 0 Å². The van der Waals surface area contributed by atoms with Crippen molar-refractivity contribution in [3.05, 3.63) is 6.92 Å². The predicted molar refractivity (Wildman–Crippen MR) is 56.9 cm³/mol. The maximum Gasteiger partial charge on any atom is -0.0326 e. The van der Waals surface area contributed by atoms with Crippen molar-refractivity contribution < 1.29 is 0 Å². The molecule has 12 heavy (non-hydrogen) atoms. The highest BCUT2D eigenvalue weighted by atomic mass is 14.3. The van der Waals surface area contributed by atoms with E-state index in [1.807, 2.05) is 0 Å². The summed E-state index contributed by atoms with van der Waals surface area (Å²) < 4.78 is 0. The molecule has 0 N–H and O–H groups in total. The van der Waals surface area contributed by atoms with Crippen LogP contribution in [0.25, 0.3) is 0 Å². The zero-order valence-corrected chi connectivity index (χ0v) is 9.65. The minimum Gasteiger partial charge on any atom is -0.0625 e. The van der Waals surface area contributed by atoms with Crippen LogP contribution in [0.4, 0.5) is 0 Å². The van der Waals surface area contributed by atoms with Gasteiger partial charge in [0.25, 0.3) is 0 Å². The van der Waals surface area contributed by atoms with Crippen LogP contribution in [-0.4, -0.2) is 0 Å². The molecule has 0 heteroatoms. The summed E-state index contributed by atoms with van der Waals surface area (Å²) in [5.74, 6) is 2.14. The van der Waals surface area contributed by atoms with E-state index in [0.29, 0.717) is 11.3 Å². The SMILES string of the molecule is [CH2]C(C)C(C)(C)CC(C)C(C)C. The summed E-state index contributed by atoms with van der Waals surface area (Å²) in [5, 5.41) is 0. The van der Waals surface area contributed by atoms with Crippen molar-refractivity contribution in [2.24, 2.45) is 23.2 Å². The molecule has 73 valence electrons. The lowest BCUT2D eigenvalue weighted by Crippen LogP contribution is -2.24. The lowest BCUT2D eigenvalue weighted by Gasteiger charge is -2.33. The lowest BCUT2D eigenvalue weighted by molar-refractivity contribution is 0.187. The summed E-state index contributed by atoms with van der Waals surface area (Å²) in [6.45, 7) is 17.9. The van der Waals surface area contributed by atoms with Crippen LogP contribution in [0.1, 0.15) is 48.0 Å². The van der Waals surface area contributed by atoms with Gasteiger partial charge < -0.3 is 0 Å². The Morgan fingerprint density at radius 3 is 1.75 bits per heavy atom. The van der Waals surface area contributed by atoms with Gasteiger partial charge in [-0.25, -0.2) is 0 Å². The highest BCUT2D eigenvalue weighted by Gasteiger charge is 2.25. The van der Waals surface area contributed by atoms with Crippen LogP contribution in [0.3, 0.4) is 0 Å². The molecule has 0 saturated carbocycles. The molecule has 0 aliphatic carbocycles. The number of hydrogen-bond acceptors (Lipinski definition) is 0. The molecule has 0 aromatic heterocycles. The molecule has 1 radical (unpaired) electrons. The van der Waals surface area contributed by atoms with Crippen LogP contribution in [0, 0.1) is 30.1 Å². The fraction of sp³-hybridized carbons (Fsp3) is 0.917. The Labute approximate surface area is 78.8 Å². The van der Waals surface area contributed by atoms with Crippen molar-refractivity contribution in [2.45, 2.75) is 48.0 Å². The third-order valence-corrected chi connectivity index (χ3v) is 3.32. The highest BCUT2D eigenvalue weighted by molar-refractivity contribution is 4.79. The van der Waals surface area contributed by atoms with Crippen molar-refractivity contribution in [2.75, 3.05) is 0 Å². The largest absolute Gasteiger partial charge is 0.0625 e. The van der Waals surface area contributed by atoms with Gasteiger partial charge in [-0.3, -0.25) is 0 Å². The zero-order chi connectivity index (χ0) is 9.94. The zero-order valence-electron chi connectivity index (χ0n) is 9.65. The van der Waals surface area contributed by atoms with Crippen LogP contribution >= 0.6 is 0 Å². The van der Waals surface area contributed by atoms with E-state index in [-0.39, 0.29) is 0 Å². The molecule has 0 bridgehead atoms. The van der Waals surface area contributed by atoms with Gasteiger partial charge in [0.05, 0.1) is 0 Å². The first-order chi connectivity index (χ1) is 5.27. The summed E-state index contributed by atoms with van der Waals surface area (Å²) in [6, 6.07) is 0. The van der Waals surface area contributed by atoms with E-state index >= 15 is 0 Å². The highest BCUT2D eigenvalue weighted by Crippen LogP contribution is 2.35. The van der Waals surface area contributed by atoms with Gasteiger partial charge in [0, 0.05) is 0 Å². The minimum absolute atomic E-state index is 0.393. The fourth-order valence-corrected chi connectivity index (χ4v) is 1.27. The van der Waals surface area contributed by atoms with Crippen LogP contribution in [0.15, 0.2) is 0 Å². The molecular weight excluding hydrogens is 144 g/mol. The number of rotatable bonds is 4. The topological polar surface area (TPSA) is 0 Å². The second kappa shape index (κ2) is 4.30. The van der Waals surface area contributed by atoms with E-state index in [1.165, 1.54) is 6.42 Å². The van der Waals surface area contributed by atoms with Gasteiger partial charge in [-0.2, -0.15) is 0 Å². The average molecular weight is 169 g/mol. The third kappa shape index (κ3) is 3.60. The van der Waals surface area contributed by atoms with E-state index in [1.54, 1.807) is 0 Å². The maximum absolute atomic E-state index is 4.12. The molecule has 0 aliphatic rings. The molecule has 2 atom stereocenters. The predicted octanol–water partition coefficient (Wildman–Crippen LogP) is 4.16. The summed E-state index contributed by atoms with van der Waals surface area (Å²) in [7, 11) is 0. The van der Waals surface area contributed by atoms with E-state index in [9.17, 15) is 0 Å². The Morgan fingerprint density at radius 1 is 1.08 bits per heavy atom. The first-order valence-corrected chi connectivity index (χ1v) is 5.10. The normalized spacial score (nSPS) is 15.8. The Hall–Kier alpha value is 0. The fourth-order valence-electron chi connectivity index (χ4n) is 1.27. The molecule has 0 heterocycles. The average Bonchev–Trinajstić information content (AvgIpc) is 1.85. The molecule has 0 amide bonds. The minimum atomic E-state index is 0.393. The second-order valence-corrected chi connectivity index (χ2v) is 5.32. The lowest BCUT2D eigenvalue weighted by atomic mass is 9.72. The molecule has 0 aliphatic heterocycles. The van der Waals surface area contributed by atoms with E-state index in [2.05, 4.69) is 48.5 Å². The molecule has 0 aromatic rings. The standard InChI is InChI=1S/C12H25/c1-9(2)11(5)8-12(6,7)10(3)4/h9-11H,3,8H2,1-2,4-7H3. The van der Waals surface area contributed by atoms with Gasteiger partial charge in [0.1, 0.15) is 0 Å². The summed E-state index contributed by atoms with van der Waals surface area (Å²) in [6.07, 6.45) is 1.29. The quantitative estimate of drug-likeness (QED) is 0.592. The van der Waals surface area contributed by atoms with Crippen molar-refractivity contribution in [1.29, 1.82) is 0 Å². The maximum atomic E-state index is 4.12. The molecule has 0 spiro atoms. The van der Waals surface area contributed by atoms with Crippen LogP contribution in [-0.2, 0) is 0 Å². The monoisotopic (exact) mass is 169 g/mol. The molecule has 0 nitrogen and oxygen atoms in total. The van der Waals surface area contributed by atoms with Crippen LogP contribution < -0.4 is 0 Å². The van der Waals surface area contributed by atoms with E-state index < -0.39 is 0 Å². The third-order valence-electron chi connectivity index (χ3n) is 3.32. The van der Waals surface area contributed by atoms with Crippen molar-refractivity contribution in [1.82, 2.24) is 0 Å². The van der Waals surface area contributed by atoms with Crippen molar-refractivity contribution >= 4 is 0 Å². The molecule has 0 aromatic carbocycles. The Kier molecular flexibility index (Phi) is 4.30. The Balaban J connectivity index is 4.05. The smallest absolute Gasteiger partial charge is 0.0326 e. The summed E-state index contributed by atoms with van der Waals surface area (Å²) >= 11 is 0. The van der Waals surface area contributed by atoms with Crippen LogP contribution in [0.5, 0.6) is 0 Å². The van der Waals surface area contributed by atoms with E-state index in [0.717, 1.165) is 11.8 Å². The molecular formula is C12H25. The van der Waals surface area contributed by atoms with Crippen LogP contribution in [0.2, 0.25) is 0 Å². The second-order valence-electron chi connectivity index (χ2n) is 5.32. The Bertz CT molecular complexity index is 120. The molecule has 2 unspecified atom stereocenters. The van der Waals surface area contributed by atoms with Gasteiger partial charge in [-0.05, 0) is 36.5 Å². The first-order valence-electron chi connectivity index (χ1n) is 5.10. The van der Waals surface area contributed by atoms with Gasteiger partial charge in [0.15, 0.2) is 0 Å². The Morgan fingerprint density at radius 2 is 1.50 bits per heavy atom. The van der Waals surface area contributed by atoms with E-state index in [4.69, 9.17) is 0 Å². The summed E-state index contributed by atoms with van der Waals surface area (Å²) in [5.41, 5.74) is 0.393.